The molecule has 1 rings (SSSR count). The number of carbonyl (C=O) groups excluding carboxylic acids is 1. The van der Waals surface area contributed by atoms with Crippen molar-refractivity contribution >= 4 is 22.5 Å². The second kappa shape index (κ2) is 3.06. The van der Waals surface area contributed by atoms with E-state index in [4.69, 9.17) is 17.3 Å². The van der Waals surface area contributed by atoms with Gasteiger partial charge in [0.15, 0.2) is 5.82 Å². The molecule has 0 bridgehead atoms. The minimum atomic E-state index is -1.20. The molecule has 5 heteroatoms. The fraction of sp³-hybridized carbons (Fsp3) is 0. The molecule has 1 aromatic carbocycles. The highest BCUT2D eigenvalue weighted by molar-refractivity contribution is 6.67. The van der Waals surface area contributed by atoms with Crippen LogP contribution < -0.4 is 5.73 Å². The third-order valence-electron chi connectivity index (χ3n) is 1.32. The van der Waals surface area contributed by atoms with Crippen LogP contribution in [0.2, 0.25) is 0 Å². The van der Waals surface area contributed by atoms with E-state index >= 15 is 0 Å². The topological polar surface area (TPSA) is 43.1 Å². The first-order valence-electron chi connectivity index (χ1n) is 2.97. The van der Waals surface area contributed by atoms with Crippen molar-refractivity contribution in [3.8, 4) is 0 Å². The summed E-state index contributed by atoms with van der Waals surface area (Å²) in [6, 6.07) is 1.90. The van der Waals surface area contributed by atoms with Crippen LogP contribution in [0.15, 0.2) is 12.1 Å². The first-order chi connectivity index (χ1) is 5.54. The molecule has 0 spiro atoms. The summed E-state index contributed by atoms with van der Waals surface area (Å²) in [5.74, 6) is -2.13. The Labute approximate surface area is 71.9 Å². The first kappa shape index (κ1) is 8.93. The number of nitrogens with two attached hydrogens (primary N) is 1. The van der Waals surface area contributed by atoms with Crippen LogP contribution in [0.1, 0.15) is 10.4 Å². The van der Waals surface area contributed by atoms with Crippen molar-refractivity contribution in [3.63, 3.8) is 0 Å². The van der Waals surface area contributed by atoms with Gasteiger partial charge >= 0.3 is 0 Å². The molecule has 0 atom stereocenters. The summed E-state index contributed by atoms with van der Waals surface area (Å²) < 4.78 is 25.5. The Morgan fingerprint density at radius 1 is 1.42 bits per heavy atom. The lowest BCUT2D eigenvalue weighted by Crippen LogP contribution is -2.03. The molecule has 0 aromatic heterocycles. The molecule has 12 heavy (non-hydrogen) atoms. The summed E-state index contributed by atoms with van der Waals surface area (Å²) >= 11 is 4.91. The zero-order chi connectivity index (χ0) is 9.30. The lowest BCUT2D eigenvalue weighted by Gasteiger charge is -2.01. The fourth-order valence-corrected chi connectivity index (χ4v) is 0.922. The van der Waals surface area contributed by atoms with Gasteiger partial charge in [-0.25, -0.2) is 8.78 Å². The molecule has 0 heterocycles. The van der Waals surface area contributed by atoms with Crippen LogP contribution in [-0.4, -0.2) is 5.24 Å². The molecule has 1 aromatic rings. The van der Waals surface area contributed by atoms with E-state index in [1.54, 1.807) is 0 Å². The fourth-order valence-electron chi connectivity index (χ4n) is 0.749. The number of hydrogen-bond acceptors (Lipinski definition) is 2. The zero-order valence-corrected chi connectivity index (χ0v) is 6.53. The summed E-state index contributed by atoms with van der Waals surface area (Å²) in [5, 5.41) is -1.20. The van der Waals surface area contributed by atoms with Gasteiger partial charge in [0.2, 0.25) is 0 Å². The average Bonchev–Trinajstić information content (AvgIpc) is 1.97. The molecule has 2 nitrogen and oxygen atoms in total. The number of benzene rings is 1. The second-order valence-electron chi connectivity index (χ2n) is 2.10. The lowest BCUT2D eigenvalue weighted by molar-refractivity contribution is 0.107. The first-order valence-corrected chi connectivity index (χ1v) is 3.35. The number of rotatable bonds is 1. The third-order valence-corrected chi connectivity index (χ3v) is 1.51. The Morgan fingerprint density at radius 2 is 2.00 bits per heavy atom. The van der Waals surface area contributed by atoms with Crippen molar-refractivity contribution in [1.29, 1.82) is 0 Å². The highest BCUT2D eigenvalue weighted by Gasteiger charge is 2.17. The van der Waals surface area contributed by atoms with Gasteiger partial charge in [0.25, 0.3) is 5.24 Å². The van der Waals surface area contributed by atoms with E-state index in [0.717, 1.165) is 12.1 Å². The minimum Gasteiger partial charge on any atom is -0.396 e. The van der Waals surface area contributed by atoms with Crippen LogP contribution in [0.3, 0.4) is 0 Å². The molecule has 64 valence electrons. The molecule has 2 N–H and O–H groups in total. The van der Waals surface area contributed by atoms with E-state index in [-0.39, 0.29) is 5.69 Å². The smallest absolute Gasteiger partial charge is 0.258 e. The zero-order valence-electron chi connectivity index (χ0n) is 5.77. The average molecular weight is 192 g/mol. The highest BCUT2D eigenvalue weighted by atomic mass is 35.5. The molecule has 0 aliphatic carbocycles. The lowest BCUT2D eigenvalue weighted by atomic mass is 10.2. The van der Waals surface area contributed by atoms with Crippen LogP contribution in [-0.2, 0) is 0 Å². The summed E-state index contributed by atoms with van der Waals surface area (Å²) in [5.41, 5.74) is 3.96. The SMILES string of the molecule is Nc1ccc(F)c(C(=O)Cl)c1F. The molecule has 0 fully saturated rings. The molecule has 0 amide bonds. The largest absolute Gasteiger partial charge is 0.396 e. The van der Waals surface area contributed by atoms with E-state index in [1.165, 1.54) is 0 Å². The molecule has 0 aliphatic heterocycles. The summed E-state index contributed by atoms with van der Waals surface area (Å²) in [6.07, 6.45) is 0. The van der Waals surface area contributed by atoms with Gasteiger partial charge in [0.1, 0.15) is 11.4 Å². The second-order valence-corrected chi connectivity index (χ2v) is 2.44. The van der Waals surface area contributed by atoms with Crippen LogP contribution in [0, 0.1) is 11.6 Å². The van der Waals surface area contributed by atoms with Gasteiger partial charge in [-0.2, -0.15) is 0 Å². The predicted molar refractivity (Wildman–Crippen MR) is 41.0 cm³/mol. The van der Waals surface area contributed by atoms with Crippen LogP contribution >= 0.6 is 11.6 Å². The molecule has 0 aliphatic rings. The van der Waals surface area contributed by atoms with Crippen molar-refractivity contribution < 1.29 is 13.6 Å². The number of nitrogen functional groups attached to an aromatic ring is 1. The van der Waals surface area contributed by atoms with E-state index in [9.17, 15) is 13.6 Å². The van der Waals surface area contributed by atoms with Crippen LogP contribution in [0.25, 0.3) is 0 Å². The monoisotopic (exact) mass is 191 g/mol. The predicted octanol–water partition coefficient (Wildman–Crippen LogP) is 1.93. The maximum atomic E-state index is 12.8. The van der Waals surface area contributed by atoms with E-state index < -0.39 is 22.4 Å². The van der Waals surface area contributed by atoms with Gasteiger partial charge in [-0.3, -0.25) is 4.79 Å². The number of anilines is 1. The van der Waals surface area contributed by atoms with Crippen LogP contribution in [0.4, 0.5) is 14.5 Å². The number of halogens is 3. The highest BCUT2D eigenvalue weighted by Crippen LogP contribution is 2.19. The molecule has 0 saturated carbocycles. The van der Waals surface area contributed by atoms with E-state index in [2.05, 4.69) is 0 Å². The molecule has 0 radical (unpaired) electrons. The number of hydrogen-bond donors (Lipinski definition) is 1. The third kappa shape index (κ3) is 1.38. The van der Waals surface area contributed by atoms with Gasteiger partial charge in [-0.1, -0.05) is 0 Å². The Morgan fingerprint density at radius 3 is 2.42 bits per heavy atom. The molecular formula is C7H4ClF2NO. The van der Waals surface area contributed by atoms with Gasteiger partial charge in [0.05, 0.1) is 5.69 Å². The molecule has 0 unspecified atom stereocenters. The quantitative estimate of drug-likeness (QED) is 0.545. The maximum absolute atomic E-state index is 12.8. The normalized spacial score (nSPS) is 9.92. The Balaban J connectivity index is 3.43. The number of carbonyl (C=O) groups is 1. The van der Waals surface area contributed by atoms with Gasteiger partial charge < -0.3 is 5.73 Å². The standard InChI is InChI=1S/C7H4ClF2NO/c8-7(12)5-3(9)1-2-4(11)6(5)10/h1-2H,11H2. The van der Waals surface area contributed by atoms with Crippen molar-refractivity contribution in [1.82, 2.24) is 0 Å². The van der Waals surface area contributed by atoms with Gasteiger partial charge in [-0.15, -0.1) is 0 Å². The van der Waals surface area contributed by atoms with Crippen molar-refractivity contribution in [2.45, 2.75) is 0 Å². The summed E-state index contributed by atoms with van der Waals surface area (Å²) in [4.78, 5) is 10.5. The van der Waals surface area contributed by atoms with Gasteiger partial charge in [-0.05, 0) is 23.7 Å². The maximum Gasteiger partial charge on any atom is 0.258 e. The molecule has 0 saturated heterocycles. The van der Waals surface area contributed by atoms with E-state index in [0.29, 0.717) is 0 Å². The Bertz CT molecular complexity index is 340. The summed E-state index contributed by atoms with van der Waals surface area (Å²) in [7, 11) is 0. The van der Waals surface area contributed by atoms with Gasteiger partial charge in [0, 0.05) is 0 Å². The van der Waals surface area contributed by atoms with Crippen molar-refractivity contribution in [2.75, 3.05) is 5.73 Å². The summed E-state index contributed by atoms with van der Waals surface area (Å²) in [6.45, 7) is 0. The minimum absolute atomic E-state index is 0.305. The van der Waals surface area contributed by atoms with E-state index in [1.807, 2.05) is 0 Å². The Hall–Kier alpha value is -1.16. The Kier molecular flexibility index (Phi) is 2.28. The van der Waals surface area contributed by atoms with Crippen molar-refractivity contribution in [3.05, 3.63) is 29.3 Å². The van der Waals surface area contributed by atoms with Crippen molar-refractivity contribution in [2.24, 2.45) is 0 Å². The van der Waals surface area contributed by atoms with Crippen LogP contribution in [0.5, 0.6) is 0 Å². The molecular weight excluding hydrogens is 188 g/mol.